The Kier molecular flexibility index (Phi) is 4.57. The average molecular weight is 335 g/mol. The fourth-order valence-electron chi connectivity index (χ4n) is 2.46. The fraction of sp³-hybridized carbons (Fsp3) is 0.0500. The minimum absolute atomic E-state index is 0.0405. The zero-order valence-corrected chi connectivity index (χ0v) is 13.6. The predicted molar refractivity (Wildman–Crippen MR) is 96.2 cm³/mol. The maximum Gasteiger partial charge on any atom is 0.255 e. The molecule has 3 rings (SSSR count). The highest BCUT2D eigenvalue weighted by Gasteiger charge is 2.11. The highest BCUT2D eigenvalue weighted by molar-refractivity contribution is 6.05. The number of methoxy groups -OCH3 is 1. The number of phenols is 2. The Morgan fingerprint density at radius 3 is 2.00 bits per heavy atom. The van der Waals surface area contributed by atoms with Gasteiger partial charge < -0.3 is 20.3 Å². The average Bonchev–Trinajstić information content (AvgIpc) is 2.63. The number of anilines is 1. The van der Waals surface area contributed by atoms with Gasteiger partial charge in [-0.15, -0.1) is 0 Å². The van der Waals surface area contributed by atoms with Gasteiger partial charge in [-0.25, -0.2) is 0 Å². The molecule has 0 unspecified atom stereocenters. The normalized spacial score (nSPS) is 10.3. The summed E-state index contributed by atoms with van der Waals surface area (Å²) in [6.45, 7) is 0. The lowest BCUT2D eigenvalue weighted by atomic mass is 10.0. The van der Waals surface area contributed by atoms with Gasteiger partial charge in [-0.3, -0.25) is 4.79 Å². The van der Waals surface area contributed by atoms with E-state index in [1.807, 2.05) is 24.3 Å². The minimum atomic E-state index is -0.304. The third-order valence-electron chi connectivity index (χ3n) is 3.78. The van der Waals surface area contributed by atoms with Gasteiger partial charge >= 0.3 is 0 Å². The van der Waals surface area contributed by atoms with Crippen LogP contribution in [0.2, 0.25) is 0 Å². The van der Waals surface area contributed by atoms with Crippen LogP contribution in [0.4, 0.5) is 5.69 Å². The molecule has 1 amide bonds. The van der Waals surface area contributed by atoms with E-state index in [2.05, 4.69) is 5.32 Å². The highest BCUT2D eigenvalue weighted by Crippen LogP contribution is 2.29. The van der Waals surface area contributed by atoms with Gasteiger partial charge in [-0.05, 0) is 47.5 Å². The molecule has 3 N–H and O–H groups in total. The van der Waals surface area contributed by atoms with Crippen molar-refractivity contribution >= 4 is 11.6 Å². The number of benzene rings is 3. The van der Waals surface area contributed by atoms with Crippen LogP contribution < -0.4 is 10.1 Å². The summed E-state index contributed by atoms with van der Waals surface area (Å²) in [4.78, 5) is 12.4. The summed E-state index contributed by atoms with van der Waals surface area (Å²) in [5.74, 6) is 0.409. The second-order valence-electron chi connectivity index (χ2n) is 5.46. The molecule has 0 spiro atoms. The summed E-state index contributed by atoms with van der Waals surface area (Å²) < 4.78 is 5.18. The smallest absolute Gasteiger partial charge is 0.255 e. The Bertz CT molecular complexity index is 887. The van der Waals surface area contributed by atoms with Crippen molar-refractivity contribution in [2.45, 2.75) is 0 Å². The number of hydrogen-bond acceptors (Lipinski definition) is 4. The van der Waals surface area contributed by atoms with E-state index in [-0.39, 0.29) is 17.4 Å². The first kappa shape index (κ1) is 16.4. The van der Waals surface area contributed by atoms with E-state index in [9.17, 15) is 15.0 Å². The van der Waals surface area contributed by atoms with E-state index in [1.165, 1.54) is 19.2 Å². The monoisotopic (exact) mass is 335 g/mol. The first-order chi connectivity index (χ1) is 12.1. The highest BCUT2D eigenvalue weighted by atomic mass is 16.5. The summed E-state index contributed by atoms with van der Waals surface area (Å²) >= 11 is 0. The number of aromatic hydroxyl groups is 2. The summed E-state index contributed by atoms with van der Waals surface area (Å²) in [5.41, 5.74) is 2.76. The van der Waals surface area contributed by atoms with Gasteiger partial charge in [0.05, 0.1) is 12.8 Å². The van der Waals surface area contributed by atoms with Crippen molar-refractivity contribution in [2.75, 3.05) is 12.4 Å². The Balaban J connectivity index is 1.79. The van der Waals surface area contributed by atoms with Crippen LogP contribution in [-0.2, 0) is 0 Å². The number of carbonyl (C=O) groups is 1. The maximum absolute atomic E-state index is 12.4. The molecule has 0 aromatic heterocycles. The van der Waals surface area contributed by atoms with Crippen molar-refractivity contribution in [3.63, 3.8) is 0 Å². The molecule has 0 fully saturated rings. The Morgan fingerprint density at radius 2 is 1.40 bits per heavy atom. The first-order valence-corrected chi connectivity index (χ1v) is 7.64. The van der Waals surface area contributed by atoms with Gasteiger partial charge in [-0.1, -0.05) is 24.3 Å². The molecule has 0 saturated heterocycles. The van der Waals surface area contributed by atoms with Gasteiger partial charge in [-0.2, -0.15) is 0 Å². The molecule has 0 aliphatic rings. The summed E-state index contributed by atoms with van der Waals surface area (Å²) in [6, 6.07) is 18.4. The Labute approximate surface area is 145 Å². The van der Waals surface area contributed by atoms with Crippen LogP contribution in [0.3, 0.4) is 0 Å². The van der Waals surface area contributed by atoms with Crippen molar-refractivity contribution in [3.05, 3.63) is 72.3 Å². The molecule has 126 valence electrons. The molecule has 0 radical (unpaired) electrons. The molecule has 5 nitrogen and oxygen atoms in total. The Hall–Kier alpha value is -3.47. The van der Waals surface area contributed by atoms with Gasteiger partial charge in [0, 0.05) is 11.6 Å². The van der Waals surface area contributed by atoms with Gasteiger partial charge in [0.2, 0.25) is 0 Å². The summed E-state index contributed by atoms with van der Waals surface area (Å²) in [7, 11) is 1.49. The standard InChI is InChI=1S/C20H17NO4/c1-25-19-11-10-17(23)12-18(19)21-20(24)15-4-2-13(3-5-15)14-6-8-16(22)9-7-14/h2-12,22-23H,1H3,(H,21,24). The van der Waals surface area contributed by atoms with Crippen molar-refractivity contribution in [1.29, 1.82) is 0 Å². The molecule has 3 aromatic rings. The van der Waals surface area contributed by atoms with E-state index in [4.69, 9.17) is 4.74 Å². The lowest BCUT2D eigenvalue weighted by Gasteiger charge is -2.11. The van der Waals surface area contributed by atoms with Crippen molar-refractivity contribution in [3.8, 4) is 28.4 Å². The second kappa shape index (κ2) is 6.97. The van der Waals surface area contributed by atoms with E-state index in [0.717, 1.165) is 11.1 Å². The van der Waals surface area contributed by atoms with E-state index in [0.29, 0.717) is 17.0 Å². The van der Waals surface area contributed by atoms with Gasteiger partial charge in [0.1, 0.15) is 17.2 Å². The fourth-order valence-corrected chi connectivity index (χ4v) is 2.46. The lowest BCUT2D eigenvalue weighted by molar-refractivity contribution is 0.102. The third kappa shape index (κ3) is 3.72. The first-order valence-electron chi connectivity index (χ1n) is 7.64. The van der Waals surface area contributed by atoms with E-state index >= 15 is 0 Å². The molecule has 0 aliphatic heterocycles. The van der Waals surface area contributed by atoms with Gasteiger partial charge in [0.15, 0.2) is 0 Å². The molecule has 3 aromatic carbocycles. The maximum atomic E-state index is 12.4. The SMILES string of the molecule is COc1ccc(O)cc1NC(=O)c1ccc(-c2ccc(O)cc2)cc1. The molecule has 0 saturated carbocycles. The van der Waals surface area contributed by atoms with Crippen molar-refractivity contribution < 1.29 is 19.7 Å². The Morgan fingerprint density at radius 1 is 0.840 bits per heavy atom. The molecule has 0 bridgehead atoms. The minimum Gasteiger partial charge on any atom is -0.508 e. The van der Waals surface area contributed by atoms with Crippen LogP contribution in [0, 0.1) is 0 Å². The zero-order chi connectivity index (χ0) is 17.8. The predicted octanol–water partition coefficient (Wildman–Crippen LogP) is 4.03. The molecular weight excluding hydrogens is 318 g/mol. The van der Waals surface area contributed by atoms with E-state index in [1.54, 1.807) is 30.3 Å². The van der Waals surface area contributed by atoms with Crippen molar-refractivity contribution in [2.24, 2.45) is 0 Å². The van der Waals surface area contributed by atoms with Crippen LogP contribution in [0.25, 0.3) is 11.1 Å². The second-order valence-corrected chi connectivity index (χ2v) is 5.46. The van der Waals surface area contributed by atoms with Crippen LogP contribution >= 0.6 is 0 Å². The topological polar surface area (TPSA) is 78.8 Å². The van der Waals surface area contributed by atoms with E-state index < -0.39 is 0 Å². The number of phenolic OH excluding ortho intramolecular Hbond substituents is 2. The number of amides is 1. The molecule has 0 atom stereocenters. The molecule has 0 heterocycles. The summed E-state index contributed by atoms with van der Waals surface area (Å²) in [6.07, 6.45) is 0. The summed E-state index contributed by atoms with van der Waals surface area (Å²) in [5, 5.41) is 21.6. The van der Waals surface area contributed by atoms with Gasteiger partial charge in [0.25, 0.3) is 5.91 Å². The number of hydrogen-bond donors (Lipinski definition) is 3. The number of ether oxygens (including phenoxy) is 1. The van der Waals surface area contributed by atoms with Crippen molar-refractivity contribution in [1.82, 2.24) is 0 Å². The zero-order valence-electron chi connectivity index (χ0n) is 13.6. The molecule has 25 heavy (non-hydrogen) atoms. The number of rotatable bonds is 4. The third-order valence-corrected chi connectivity index (χ3v) is 3.78. The van der Waals surface area contributed by atoms with Crippen LogP contribution in [-0.4, -0.2) is 23.2 Å². The quantitative estimate of drug-likeness (QED) is 0.673. The molecule has 5 heteroatoms. The molecule has 0 aliphatic carbocycles. The lowest BCUT2D eigenvalue weighted by Crippen LogP contribution is -2.12. The van der Waals surface area contributed by atoms with Crippen LogP contribution in [0.5, 0.6) is 17.2 Å². The largest absolute Gasteiger partial charge is 0.508 e. The molecular formula is C20H17NO4. The number of nitrogens with one attached hydrogen (secondary N) is 1. The van der Waals surface area contributed by atoms with Crippen LogP contribution in [0.1, 0.15) is 10.4 Å². The number of carbonyl (C=O) groups excluding carboxylic acids is 1. The van der Waals surface area contributed by atoms with Crippen LogP contribution in [0.15, 0.2) is 66.7 Å².